The van der Waals surface area contributed by atoms with Crippen LogP contribution in [0.4, 0.5) is 0 Å². The Morgan fingerprint density at radius 2 is 1.82 bits per heavy atom. The van der Waals surface area contributed by atoms with Gasteiger partial charge < -0.3 is 5.73 Å². The summed E-state index contributed by atoms with van der Waals surface area (Å²) in [5.41, 5.74) is 6.23. The van der Waals surface area contributed by atoms with Gasteiger partial charge in [0, 0.05) is 35.9 Å². The van der Waals surface area contributed by atoms with Crippen molar-refractivity contribution in [1.82, 2.24) is 9.55 Å². The van der Waals surface area contributed by atoms with Crippen molar-refractivity contribution in [1.29, 1.82) is 0 Å². The first kappa shape index (κ1) is 21.8. The second kappa shape index (κ2) is 10.8. The highest BCUT2D eigenvalue weighted by Gasteiger charge is 2.13. The largest absolute Gasteiger partial charge is 0.370 e. The summed E-state index contributed by atoms with van der Waals surface area (Å²) in [6, 6.07) is 8.59. The fourth-order valence-corrected chi connectivity index (χ4v) is 3.06. The molecule has 0 bridgehead atoms. The monoisotopic (exact) mass is 403 g/mol. The number of ketones is 1. The molecular formula is C21H26ClN3O3. The van der Waals surface area contributed by atoms with Gasteiger partial charge in [-0.25, -0.2) is 4.98 Å². The van der Waals surface area contributed by atoms with Crippen molar-refractivity contribution >= 4 is 23.3 Å². The van der Waals surface area contributed by atoms with Crippen molar-refractivity contribution in [3.63, 3.8) is 0 Å². The van der Waals surface area contributed by atoms with Crippen LogP contribution >= 0.6 is 11.6 Å². The second-order valence-electron chi connectivity index (χ2n) is 6.80. The van der Waals surface area contributed by atoms with Crippen molar-refractivity contribution < 1.29 is 9.59 Å². The Balaban J connectivity index is 2.27. The minimum Gasteiger partial charge on any atom is -0.370 e. The number of hydrogen-bond acceptors (Lipinski definition) is 4. The molecule has 7 heteroatoms. The number of benzene rings is 1. The average molecular weight is 404 g/mol. The molecule has 6 nitrogen and oxygen atoms in total. The maximum atomic E-state index is 12.7. The molecule has 0 aliphatic carbocycles. The maximum absolute atomic E-state index is 12.7. The van der Waals surface area contributed by atoms with Crippen LogP contribution in [0.3, 0.4) is 0 Å². The van der Waals surface area contributed by atoms with Crippen LogP contribution in [0.15, 0.2) is 35.1 Å². The SMILES string of the molecule is CCCCCc1nc(-c2ccc(Cl)cc2)cc(=O)n1CC(=O)CCCC(N)=O. The minimum absolute atomic E-state index is 0.0348. The van der Waals surface area contributed by atoms with Gasteiger partial charge in [0.2, 0.25) is 5.91 Å². The topological polar surface area (TPSA) is 95.1 Å². The third kappa shape index (κ3) is 6.60. The van der Waals surface area contributed by atoms with Gasteiger partial charge in [-0.2, -0.15) is 0 Å². The Morgan fingerprint density at radius 3 is 2.46 bits per heavy atom. The van der Waals surface area contributed by atoms with E-state index in [9.17, 15) is 14.4 Å². The van der Waals surface area contributed by atoms with Crippen LogP contribution < -0.4 is 11.3 Å². The number of hydrogen-bond donors (Lipinski definition) is 1. The number of aromatic nitrogens is 2. The molecule has 2 aromatic rings. The van der Waals surface area contributed by atoms with E-state index in [0.717, 1.165) is 24.8 Å². The lowest BCUT2D eigenvalue weighted by Crippen LogP contribution is -2.28. The molecular weight excluding hydrogens is 378 g/mol. The second-order valence-corrected chi connectivity index (χ2v) is 7.24. The fraction of sp³-hybridized carbons (Fsp3) is 0.429. The fourth-order valence-electron chi connectivity index (χ4n) is 2.93. The number of rotatable bonds is 11. The number of amides is 1. The quantitative estimate of drug-likeness (QED) is 0.580. The molecule has 0 saturated carbocycles. The zero-order valence-corrected chi connectivity index (χ0v) is 16.9. The highest BCUT2D eigenvalue weighted by Crippen LogP contribution is 2.19. The van der Waals surface area contributed by atoms with Gasteiger partial charge in [0.15, 0.2) is 5.78 Å². The van der Waals surface area contributed by atoms with Gasteiger partial charge in [0.1, 0.15) is 5.82 Å². The number of nitrogens with zero attached hydrogens (tertiary/aromatic N) is 2. The molecule has 0 aliphatic heterocycles. The zero-order valence-electron chi connectivity index (χ0n) is 16.1. The van der Waals surface area contributed by atoms with Crippen LogP contribution in [0.5, 0.6) is 0 Å². The molecule has 0 aliphatic rings. The molecule has 2 N–H and O–H groups in total. The molecule has 0 unspecified atom stereocenters. The van der Waals surface area contributed by atoms with Crippen LogP contribution in [-0.4, -0.2) is 21.2 Å². The van der Waals surface area contributed by atoms with E-state index in [2.05, 4.69) is 11.9 Å². The smallest absolute Gasteiger partial charge is 0.254 e. The van der Waals surface area contributed by atoms with Crippen molar-refractivity contribution in [2.75, 3.05) is 0 Å². The molecule has 1 amide bonds. The number of carbonyl (C=O) groups excluding carboxylic acids is 2. The molecule has 28 heavy (non-hydrogen) atoms. The lowest BCUT2D eigenvalue weighted by molar-refractivity contribution is -0.120. The normalized spacial score (nSPS) is 10.8. The molecule has 0 atom stereocenters. The van der Waals surface area contributed by atoms with E-state index >= 15 is 0 Å². The highest BCUT2D eigenvalue weighted by molar-refractivity contribution is 6.30. The van der Waals surface area contributed by atoms with Gasteiger partial charge in [0.25, 0.3) is 5.56 Å². The summed E-state index contributed by atoms with van der Waals surface area (Å²) in [6.07, 6.45) is 4.35. The van der Waals surface area contributed by atoms with Gasteiger partial charge in [-0.3, -0.25) is 19.0 Å². The number of aryl methyl sites for hydroxylation is 1. The number of primary amides is 1. The summed E-state index contributed by atoms with van der Waals surface area (Å²) in [7, 11) is 0. The lowest BCUT2D eigenvalue weighted by atomic mass is 10.1. The minimum atomic E-state index is -0.431. The third-order valence-corrected chi connectivity index (χ3v) is 4.70. The molecule has 1 aromatic heterocycles. The summed E-state index contributed by atoms with van der Waals surface area (Å²) in [5.74, 6) is 0.0643. The third-order valence-electron chi connectivity index (χ3n) is 4.44. The van der Waals surface area contributed by atoms with Crippen LogP contribution in [-0.2, 0) is 22.6 Å². The molecule has 2 rings (SSSR count). The number of unbranched alkanes of at least 4 members (excludes halogenated alkanes) is 2. The van der Waals surface area contributed by atoms with E-state index < -0.39 is 5.91 Å². The van der Waals surface area contributed by atoms with Gasteiger partial charge in [-0.05, 0) is 25.0 Å². The first-order valence-corrected chi connectivity index (χ1v) is 9.95. The van der Waals surface area contributed by atoms with E-state index in [1.165, 1.54) is 10.6 Å². The van der Waals surface area contributed by atoms with Crippen molar-refractivity contribution in [3.05, 3.63) is 51.5 Å². The molecule has 1 heterocycles. The summed E-state index contributed by atoms with van der Waals surface area (Å²) < 4.78 is 1.45. The standard InChI is InChI=1S/C21H26ClN3O3/c1-2-3-4-8-20-24-18(15-9-11-16(22)12-10-15)13-21(28)25(20)14-17(26)6-5-7-19(23)27/h9-13H,2-8,14H2,1H3,(H2,23,27). The van der Waals surface area contributed by atoms with Gasteiger partial charge >= 0.3 is 0 Å². The van der Waals surface area contributed by atoms with Gasteiger partial charge in [-0.1, -0.05) is 43.5 Å². The van der Waals surface area contributed by atoms with Gasteiger partial charge in [0.05, 0.1) is 12.2 Å². The van der Waals surface area contributed by atoms with Crippen LogP contribution in [0, 0.1) is 0 Å². The number of nitrogens with two attached hydrogens (primary N) is 1. The van der Waals surface area contributed by atoms with Gasteiger partial charge in [-0.15, -0.1) is 0 Å². The molecule has 0 radical (unpaired) electrons. The Kier molecular flexibility index (Phi) is 8.39. The summed E-state index contributed by atoms with van der Waals surface area (Å²) >= 11 is 5.94. The van der Waals surface area contributed by atoms with E-state index in [1.807, 2.05) is 12.1 Å². The molecule has 0 fully saturated rings. The maximum Gasteiger partial charge on any atom is 0.254 e. The van der Waals surface area contributed by atoms with Crippen LogP contribution in [0.1, 0.15) is 51.3 Å². The molecule has 0 spiro atoms. The number of Topliss-reactive ketones (excluding diaryl/α,β-unsaturated/α-hetero) is 1. The highest BCUT2D eigenvalue weighted by atomic mass is 35.5. The molecule has 0 saturated heterocycles. The molecule has 1 aromatic carbocycles. The van der Waals surface area contributed by atoms with E-state index in [-0.39, 0.29) is 30.7 Å². The summed E-state index contributed by atoms with van der Waals surface area (Å²) in [5, 5.41) is 0.613. The molecule has 150 valence electrons. The summed E-state index contributed by atoms with van der Waals surface area (Å²) in [6.45, 7) is 2.07. The Hall–Kier alpha value is -2.47. The zero-order chi connectivity index (χ0) is 20.5. The first-order valence-electron chi connectivity index (χ1n) is 9.57. The van der Waals surface area contributed by atoms with Crippen molar-refractivity contribution in [2.45, 2.75) is 58.4 Å². The predicted octanol–water partition coefficient (Wildman–Crippen LogP) is 3.52. The summed E-state index contributed by atoms with van der Waals surface area (Å²) in [4.78, 5) is 40.5. The van der Waals surface area contributed by atoms with Crippen molar-refractivity contribution in [3.8, 4) is 11.3 Å². The lowest BCUT2D eigenvalue weighted by Gasteiger charge is -2.13. The van der Waals surface area contributed by atoms with Crippen molar-refractivity contribution in [2.24, 2.45) is 5.73 Å². The predicted molar refractivity (Wildman–Crippen MR) is 110 cm³/mol. The van der Waals surface area contributed by atoms with Crippen LogP contribution in [0.2, 0.25) is 5.02 Å². The average Bonchev–Trinajstić information content (AvgIpc) is 2.64. The first-order chi connectivity index (χ1) is 13.4. The van der Waals surface area contributed by atoms with E-state index in [4.69, 9.17) is 17.3 Å². The Bertz CT molecular complexity index is 875. The Morgan fingerprint density at radius 1 is 1.11 bits per heavy atom. The number of halogens is 1. The Labute approximate surface area is 169 Å². The number of carbonyl (C=O) groups is 2. The van der Waals surface area contributed by atoms with Crippen LogP contribution in [0.25, 0.3) is 11.3 Å². The van der Waals surface area contributed by atoms with E-state index in [1.54, 1.807) is 12.1 Å². The van der Waals surface area contributed by atoms with E-state index in [0.29, 0.717) is 29.4 Å².